The van der Waals surface area contributed by atoms with E-state index in [4.69, 9.17) is 11.5 Å². The molecule has 0 spiro atoms. The molecule has 0 aromatic heterocycles. The summed E-state index contributed by atoms with van der Waals surface area (Å²) < 4.78 is 34.8. The van der Waals surface area contributed by atoms with Gasteiger partial charge in [0.05, 0.1) is 5.69 Å². The molecule has 0 aliphatic carbocycles. The van der Waals surface area contributed by atoms with Gasteiger partial charge < -0.3 is 11.5 Å². The molecule has 6 heteroatoms. The van der Waals surface area contributed by atoms with Gasteiger partial charge in [-0.05, 0) is 46.0 Å². The zero-order chi connectivity index (χ0) is 21.3. The number of hydrogen-bond donors (Lipinski definition) is 3. The van der Waals surface area contributed by atoms with Crippen molar-refractivity contribution in [1.82, 2.24) is 0 Å². The quantitative estimate of drug-likeness (QED) is 0.317. The van der Waals surface area contributed by atoms with Crippen LogP contribution in [0, 0.1) is 0 Å². The third kappa shape index (κ3) is 3.66. The lowest BCUT2D eigenvalue weighted by atomic mass is 9.87. The van der Waals surface area contributed by atoms with Crippen LogP contribution >= 0.6 is 0 Å². The van der Waals surface area contributed by atoms with Crippen molar-refractivity contribution < 1.29 is 13.0 Å². The predicted octanol–water partition coefficient (Wildman–Crippen LogP) is 5.10. The first kappa shape index (κ1) is 19.7. The van der Waals surface area contributed by atoms with Crippen molar-refractivity contribution in [2.75, 3.05) is 11.5 Å². The third-order valence-electron chi connectivity index (χ3n) is 4.91. The van der Waals surface area contributed by atoms with E-state index in [1.165, 1.54) is 0 Å². The van der Waals surface area contributed by atoms with Gasteiger partial charge in [-0.15, -0.1) is 0 Å². The Balaban J connectivity index is 2.22. The maximum atomic E-state index is 12.4. The van der Waals surface area contributed by atoms with Crippen molar-refractivity contribution in [2.24, 2.45) is 0 Å². The van der Waals surface area contributed by atoms with Gasteiger partial charge in [-0.1, -0.05) is 72.8 Å². The molecule has 0 heterocycles. The normalized spacial score (nSPS) is 11.4. The van der Waals surface area contributed by atoms with Gasteiger partial charge in [-0.3, -0.25) is 4.55 Å². The average molecular weight is 417 g/mol. The molecule has 0 amide bonds. The van der Waals surface area contributed by atoms with Crippen molar-refractivity contribution in [3.05, 3.63) is 91.0 Å². The van der Waals surface area contributed by atoms with Gasteiger partial charge in [0.1, 0.15) is 4.90 Å². The Kier molecular flexibility index (Phi) is 5.03. The highest BCUT2D eigenvalue weighted by atomic mass is 32.2. The van der Waals surface area contributed by atoms with E-state index in [-0.39, 0.29) is 10.6 Å². The van der Waals surface area contributed by atoms with Crippen LogP contribution in [0.15, 0.2) is 95.9 Å². The zero-order valence-corrected chi connectivity index (χ0v) is 16.8. The van der Waals surface area contributed by atoms with Gasteiger partial charge in [-0.25, -0.2) is 0 Å². The van der Waals surface area contributed by atoms with Crippen LogP contribution in [0.4, 0.5) is 11.4 Å². The van der Waals surface area contributed by atoms with Crippen LogP contribution < -0.4 is 11.5 Å². The van der Waals surface area contributed by atoms with Crippen LogP contribution in [0.3, 0.4) is 0 Å². The van der Waals surface area contributed by atoms with Crippen molar-refractivity contribution in [2.45, 2.75) is 4.90 Å². The molecule has 5 N–H and O–H groups in total. The van der Waals surface area contributed by atoms with Crippen molar-refractivity contribution in [3.8, 4) is 33.4 Å². The van der Waals surface area contributed by atoms with Crippen LogP contribution in [0.5, 0.6) is 0 Å². The molecular formula is C24H20N2O3S. The SMILES string of the molecule is Nc1ccc(-c2c(-c3ccccc3)cc(N)c(S(=O)(=O)O)c2-c2ccccc2)cc1. The maximum Gasteiger partial charge on any atom is 0.297 e. The van der Waals surface area contributed by atoms with Crippen LogP contribution in [-0.2, 0) is 10.1 Å². The van der Waals surface area contributed by atoms with E-state index in [2.05, 4.69) is 0 Å². The van der Waals surface area contributed by atoms with E-state index in [1.54, 1.807) is 42.5 Å². The van der Waals surface area contributed by atoms with Crippen molar-refractivity contribution in [3.63, 3.8) is 0 Å². The summed E-state index contributed by atoms with van der Waals surface area (Å²) in [4.78, 5) is -0.305. The molecule has 30 heavy (non-hydrogen) atoms. The van der Waals surface area contributed by atoms with Gasteiger partial charge >= 0.3 is 0 Å². The molecule has 4 aromatic rings. The lowest BCUT2D eigenvalue weighted by Gasteiger charge is -2.21. The van der Waals surface area contributed by atoms with Gasteiger partial charge in [0.25, 0.3) is 10.1 Å². The fraction of sp³-hybridized carbons (Fsp3) is 0. The Bertz CT molecular complexity index is 1300. The highest BCUT2D eigenvalue weighted by Crippen LogP contribution is 2.46. The first-order valence-electron chi connectivity index (χ1n) is 9.27. The fourth-order valence-electron chi connectivity index (χ4n) is 3.64. The van der Waals surface area contributed by atoms with Crippen LogP contribution in [0.1, 0.15) is 0 Å². The molecular weight excluding hydrogens is 396 g/mol. The van der Waals surface area contributed by atoms with E-state index in [1.807, 2.05) is 48.5 Å². The Labute approximate surface area is 175 Å². The molecule has 0 radical (unpaired) electrons. The molecule has 0 saturated carbocycles. The average Bonchev–Trinajstić information content (AvgIpc) is 2.74. The molecule has 0 aliphatic rings. The highest BCUT2D eigenvalue weighted by molar-refractivity contribution is 7.86. The van der Waals surface area contributed by atoms with Crippen LogP contribution in [-0.4, -0.2) is 13.0 Å². The molecule has 0 saturated heterocycles. The Morgan fingerprint density at radius 3 is 1.67 bits per heavy atom. The highest BCUT2D eigenvalue weighted by Gasteiger charge is 2.27. The molecule has 0 fully saturated rings. The lowest BCUT2D eigenvalue weighted by molar-refractivity contribution is 0.484. The van der Waals surface area contributed by atoms with Gasteiger partial charge in [-0.2, -0.15) is 8.42 Å². The molecule has 0 unspecified atom stereocenters. The van der Waals surface area contributed by atoms with Crippen molar-refractivity contribution in [1.29, 1.82) is 0 Å². The second-order valence-corrected chi connectivity index (χ2v) is 8.28. The standard InChI is InChI=1S/C24H20N2O3S/c25-19-13-11-18(12-14-19)22-20(16-7-3-1-4-8-16)15-21(26)24(30(27,28)29)23(22)17-9-5-2-6-10-17/h1-15H,25-26H2,(H,27,28,29). The molecule has 4 rings (SSSR count). The summed E-state index contributed by atoms with van der Waals surface area (Å²) in [6, 6.07) is 27.3. The number of nitrogen functional groups attached to an aromatic ring is 2. The van der Waals surface area contributed by atoms with Gasteiger partial charge in [0, 0.05) is 11.3 Å². The summed E-state index contributed by atoms with van der Waals surface area (Å²) in [5.41, 5.74) is 16.6. The molecule has 150 valence electrons. The zero-order valence-electron chi connectivity index (χ0n) is 16.0. The number of rotatable bonds is 4. The second-order valence-electron chi connectivity index (χ2n) is 6.92. The minimum absolute atomic E-state index is 0.0191. The lowest BCUT2D eigenvalue weighted by Crippen LogP contribution is -2.08. The van der Waals surface area contributed by atoms with E-state index >= 15 is 0 Å². The first-order chi connectivity index (χ1) is 14.4. The largest absolute Gasteiger partial charge is 0.399 e. The fourth-order valence-corrected chi connectivity index (χ4v) is 4.47. The minimum Gasteiger partial charge on any atom is -0.399 e. The van der Waals surface area contributed by atoms with E-state index < -0.39 is 10.1 Å². The summed E-state index contributed by atoms with van der Waals surface area (Å²) >= 11 is 0. The Hall–Kier alpha value is -3.61. The molecule has 0 aliphatic heterocycles. The topological polar surface area (TPSA) is 106 Å². The number of benzene rings is 4. The summed E-state index contributed by atoms with van der Waals surface area (Å²) in [6.07, 6.45) is 0. The second kappa shape index (κ2) is 7.67. The molecule has 0 atom stereocenters. The van der Waals surface area contributed by atoms with Crippen LogP contribution in [0.2, 0.25) is 0 Å². The Morgan fingerprint density at radius 1 is 0.633 bits per heavy atom. The van der Waals surface area contributed by atoms with Gasteiger partial charge in [0.2, 0.25) is 0 Å². The minimum atomic E-state index is -4.60. The van der Waals surface area contributed by atoms with E-state index in [9.17, 15) is 13.0 Å². The number of anilines is 2. The van der Waals surface area contributed by atoms with Gasteiger partial charge in [0.15, 0.2) is 0 Å². The summed E-state index contributed by atoms with van der Waals surface area (Å²) in [5.74, 6) is 0. The van der Waals surface area contributed by atoms with Crippen molar-refractivity contribution >= 4 is 21.5 Å². The third-order valence-corrected chi connectivity index (χ3v) is 5.87. The van der Waals surface area contributed by atoms with E-state index in [0.717, 1.165) is 16.7 Å². The molecule has 5 nitrogen and oxygen atoms in total. The number of nitrogens with two attached hydrogens (primary N) is 2. The summed E-state index contributed by atoms with van der Waals surface area (Å²) in [7, 11) is -4.60. The first-order valence-corrected chi connectivity index (χ1v) is 10.7. The van der Waals surface area contributed by atoms with E-state index in [0.29, 0.717) is 22.4 Å². The monoisotopic (exact) mass is 416 g/mol. The maximum absolute atomic E-state index is 12.4. The number of hydrogen-bond acceptors (Lipinski definition) is 4. The molecule has 0 bridgehead atoms. The predicted molar refractivity (Wildman–Crippen MR) is 121 cm³/mol. The smallest absolute Gasteiger partial charge is 0.297 e. The summed E-state index contributed by atoms with van der Waals surface area (Å²) in [6.45, 7) is 0. The Morgan fingerprint density at radius 2 is 1.13 bits per heavy atom. The summed E-state index contributed by atoms with van der Waals surface area (Å²) in [5, 5.41) is 0. The van der Waals surface area contributed by atoms with Crippen LogP contribution in [0.25, 0.3) is 33.4 Å². The molecule has 4 aromatic carbocycles.